The topological polar surface area (TPSA) is 66.5 Å². The van der Waals surface area contributed by atoms with Crippen LogP contribution < -0.4 is 5.32 Å². The second kappa shape index (κ2) is 8.32. The van der Waals surface area contributed by atoms with Crippen molar-refractivity contribution in [3.63, 3.8) is 0 Å². The van der Waals surface area contributed by atoms with Crippen LogP contribution in [0, 0.1) is 0 Å². The second-order valence-electron chi connectivity index (χ2n) is 7.15. The summed E-state index contributed by atoms with van der Waals surface area (Å²) in [6.07, 6.45) is 9.67. The van der Waals surface area contributed by atoms with Gasteiger partial charge in [0.05, 0.1) is 4.90 Å². The quantitative estimate of drug-likeness (QED) is 0.834. The van der Waals surface area contributed by atoms with Crippen molar-refractivity contribution in [3.8, 4) is 0 Å². The molecular weight excluding hydrogens is 336 g/mol. The van der Waals surface area contributed by atoms with Crippen LogP contribution in [0.25, 0.3) is 0 Å². The molecule has 2 fully saturated rings. The predicted octanol–water partition coefficient (Wildman–Crippen LogP) is 3.31. The van der Waals surface area contributed by atoms with Gasteiger partial charge in [0.2, 0.25) is 10.0 Å². The molecule has 6 heteroatoms. The highest BCUT2D eigenvalue weighted by Gasteiger charge is 2.26. The molecule has 0 radical (unpaired) electrons. The summed E-state index contributed by atoms with van der Waals surface area (Å²) in [6.45, 7) is 1.14. The van der Waals surface area contributed by atoms with Crippen molar-refractivity contribution in [2.75, 3.05) is 13.1 Å². The number of amides is 1. The molecule has 1 N–H and O–H groups in total. The van der Waals surface area contributed by atoms with E-state index in [1.54, 1.807) is 22.5 Å². The number of benzene rings is 1. The summed E-state index contributed by atoms with van der Waals surface area (Å²) in [5.74, 6) is -0.164. The summed E-state index contributed by atoms with van der Waals surface area (Å²) >= 11 is 0. The van der Waals surface area contributed by atoms with E-state index in [9.17, 15) is 13.2 Å². The minimum atomic E-state index is -3.50. The van der Waals surface area contributed by atoms with Crippen molar-refractivity contribution in [1.82, 2.24) is 9.62 Å². The highest BCUT2D eigenvalue weighted by molar-refractivity contribution is 7.89. The Morgan fingerprint density at radius 1 is 0.960 bits per heavy atom. The first kappa shape index (κ1) is 18.4. The molecule has 0 bridgehead atoms. The van der Waals surface area contributed by atoms with E-state index >= 15 is 0 Å². The van der Waals surface area contributed by atoms with Crippen molar-refractivity contribution in [3.05, 3.63) is 29.8 Å². The van der Waals surface area contributed by atoms with E-state index in [0.29, 0.717) is 18.7 Å². The highest BCUT2D eigenvalue weighted by atomic mass is 32.2. The van der Waals surface area contributed by atoms with Crippen LogP contribution in [0.4, 0.5) is 0 Å². The Morgan fingerprint density at radius 3 is 2.28 bits per heavy atom. The van der Waals surface area contributed by atoms with E-state index in [0.717, 1.165) is 44.9 Å². The summed E-state index contributed by atoms with van der Waals surface area (Å²) < 4.78 is 27.1. The van der Waals surface area contributed by atoms with Gasteiger partial charge in [0.15, 0.2) is 0 Å². The van der Waals surface area contributed by atoms with E-state index in [1.807, 2.05) is 0 Å². The number of nitrogens with one attached hydrogen (secondary N) is 1. The van der Waals surface area contributed by atoms with Crippen LogP contribution in [0.5, 0.6) is 0 Å². The number of carbonyl (C=O) groups excluding carboxylic acids is 1. The first-order valence-corrected chi connectivity index (χ1v) is 10.9. The summed E-state index contributed by atoms with van der Waals surface area (Å²) in [7, 11) is -3.50. The van der Waals surface area contributed by atoms with Gasteiger partial charge in [-0.2, -0.15) is 4.31 Å². The van der Waals surface area contributed by atoms with Crippen molar-refractivity contribution in [2.45, 2.75) is 68.7 Å². The standard InChI is InChI=1S/C19H28N2O3S/c22-19(20-17-10-4-1-2-5-11-17)16-9-8-12-18(15-16)25(23,24)21-13-6-3-7-14-21/h8-9,12,15,17H,1-7,10-11,13-14H2,(H,20,22). The lowest BCUT2D eigenvalue weighted by Crippen LogP contribution is -2.36. The van der Waals surface area contributed by atoms with Crippen molar-refractivity contribution < 1.29 is 13.2 Å². The molecule has 5 nitrogen and oxygen atoms in total. The van der Waals surface area contributed by atoms with Crippen LogP contribution in [0.1, 0.15) is 68.1 Å². The van der Waals surface area contributed by atoms with Crippen molar-refractivity contribution >= 4 is 15.9 Å². The number of carbonyl (C=O) groups is 1. The predicted molar refractivity (Wildman–Crippen MR) is 98.0 cm³/mol. The summed E-state index contributed by atoms with van der Waals surface area (Å²) in [5.41, 5.74) is 0.433. The Hall–Kier alpha value is -1.40. The molecule has 3 rings (SSSR count). The molecule has 0 unspecified atom stereocenters. The number of nitrogens with zero attached hydrogens (tertiary/aromatic N) is 1. The molecule has 0 spiro atoms. The first-order chi connectivity index (χ1) is 12.1. The zero-order valence-electron chi connectivity index (χ0n) is 14.7. The zero-order valence-corrected chi connectivity index (χ0v) is 15.6. The molecule has 0 aromatic heterocycles. The van der Waals surface area contributed by atoms with Crippen LogP contribution in [0.2, 0.25) is 0 Å². The molecule has 1 aliphatic heterocycles. The van der Waals surface area contributed by atoms with Gasteiger partial charge < -0.3 is 5.32 Å². The smallest absolute Gasteiger partial charge is 0.251 e. The molecule has 25 heavy (non-hydrogen) atoms. The maximum absolute atomic E-state index is 12.8. The van der Waals surface area contributed by atoms with Gasteiger partial charge in [0.25, 0.3) is 5.91 Å². The monoisotopic (exact) mass is 364 g/mol. The highest BCUT2D eigenvalue weighted by Crippen LogP contribution is 2.22. The maximum Gasteiger partial charge on any atom is 0.251 e. The second-order valence-corrected chi connectivity index (χ2v) is 9.09. The minimum absolute atomic E-state index is 0.164. The summed E-state index contributed by atoms with van der Waals surface area (Å²) in [6, 6.07) is 6.68. The number of piperidine rings is 1. The molecule has 1 aliphatic carbocycles. The fraction of sp³-hybridized carbons (Fsp3) is 0.632. The number of hydrogen-bond acceptors (Lipinski definition) is 3. The summed E-state index contributed by atoms with van der Waals surface area (Å²) in [5, 5.41) is 3.09. The number of sulfonamides is 1. The molecule has 1 saturated heterocycles. The normalized spacial score (nSPS) is 20.8. The van der Waals surface area contributed by atoms with Crippen LogP contribution in [0.15, 0.2) is 29.2 Å². The average molecular weight is 365 g/mol. The number of hydrogen-bond donors (Lipinski definition) is 1. The van der Waals surface area contributed by atoms with Gasteiger partial charge in [-0.1, -0.05) is 38.2 Å². The van der Waals surface area contributed by atoms with Gasteiger partial charge in [0.1, 0.15) is 0 Å². The largest absolute Gasteiger partial charge is 0.349 e. The van der Waals surface area contributed by atoms with Crippen LogP contribution in [-0.2, 0) is 10.0 Å². The van der Waals surface area contributed by atoms with Crippen LogP contribution in [-0.4, -0.2) is 37.8 Å². The SMILES string of the molecule is O=C(NC1CCCCCC1)c1cccc(S(=O)(=O)N2CCCCC2)c1. The van der Waals surface area contributed by atoms with Gasteiger partial charge in [-0.05, 0) is 43.9 Å². The molecule has 1 aromatic rings. The van der Waals surface area contributed by atoms with Crippen LogP contribution >= 0.6 is 0 Å². The molecule has 1 heterocycles. The molecule has 1 saturated carbocycles. The third kappa shape index (κ3) is 4.61. The van der Waals surface area contributed by atoms with Gasteiger partial charge in [-0.25, -0.2) is 8.42 Å². The number of rotatable bonds is 4. The Labute approximate surface area is 150 Å². The molecular formula is C19H28N2O3S. The minimum Gasteiger partial charge on any atom is -0.349 e. The fourth-order valence-corrected chi connectivity index (χ4v) is 5.31. The molecule has 138 valence electrons. The first-order valence-electron chi connectivity index (χ1n) is 9.48. The molecule has 2 aliphatic rings. The lowest BCUT2D eigenvalue weighted by molar-refractivity contribution is 0.0933. The lowest BCUT2D eigenvalue weighted by Gasteiger charge is -2.26. The van der Waals surface area contributed by atoms with Gasteiger partial charge in [0, 0.05) is 24.7 Å². The zero-order chi connectivity index (χ0) is 17.7. The van der Waals surface area contributed by atoms with Crippen molar-refractivity contribution in [2.24, 2.45) is 0 Å². The summed E-state index contributed by atoms with van der Waals surface area (Å²) in [4.78, 5) is 12.8. The van der Waals surface area contributed by atoms with E-state index in [4.69, 9.17) is 0 Å². The van der Waals surface area contributed by atoms with E-state index in [-0.39, 0.29) is 16.8 Å². The maximum atomic E-state index is 12.8. The lowest BCUT2D eigenvalue weighted by atomic mass is 10.1. The van der Waals surface area contributed by atoms with Gasteiger partial charge >= 0.3 is 0 Å². The van der Waals surface area contributed by atoms with Crippen LogP contribution in [0.3, 0.4) is 0 Å². The fourth-order valence-electron chi connectivity index (χ4n) is 3.74. The van der Waals surface area contributed by atoms with Gasteiger partial charge in [-0.3, -0.25) is 4.79 Å². The third-order valence-corrected chi connectivity index (χ3v) is 7.13. The average Bonchev–Trinajstić information content (AvgIpc) is 2.91. The van der Waals surface area contributed by atoms with E-state index < -0.39 is 10.0 Å². The molecule has 1 amide bonds. The van der Waals surface area contributed by atoms with E-state index in [1.165, 1.54) is 18.9 Å². The Balaban J connectivity index is 1.72. The Morgan fingerprint density at radius 2 is 1.60 bits per heavy atom. The molecule has 0 atom stereocenters. The Bertz CT molecular complexity index is 688. The van der Waals surface area contributed by atoms with Crippen molar-refractivity contribution in [1.29, 1.82) is 0 Å². The third-order valence-electron chi connectivity index (χ3n) is 5.24. The Kier molecular flexibility index (Phi) is 6.12. The molecule has 1 aromatic carbocycles. The van der Waals surface area contributed by atoms with E-state index in [2.05, 4.69) is 5.32 Å². The van der Waals surface area contributed by atoms with Gasteiger partial charge in [-0.15, -0.1) is 0 Å².